The first-order valence-corrected chi connectivity index (χ1v) is 6.30. The molecule has 0 saturated carbocycles. The number of nitrogens with zero attached hydrogens (tertiary/aromatic N) is 2. The van der Waals surface area contributed by atoms with Crippen LogP contribution in [-0.4, -0.2) is 29.6 Å². The van der Waals surface area contributed by atoms with Crippen LogP contribution in [0.5, 0.6) is 5.75 Å². The molecule has 5 nitrogen and oxygen atoms in total. The van der Waals surface area contributed by atoms with Gasteiger partial charge in [0.15, 0.2) is 0 Å². The second-order valence-corrected chi connectivity index (χ2v) is 4.39. The number of hydrogen-bond donors (Lipinski definition) is 2. The molecular formula is C14H15FN4O. The Kier molecular flexibility index (Phi) is 3.39. The van der Waals surface area contributed by atoms with Crippen molar-refractivity contribution in [3.8, 4) is 17.0 Å². The van der Waals surface area contributed by atoms with Crippen molar-refractivity contribution in [2.45, 2.75) is 6.17 Å². The van der Waals surface area contributed by atoms with E-state index in [0.717, 1.165) is 17.2 Å². The van der Waals surface area contributed by atoms with Gasteiger partial charge in [-0.15, -0.1) is 0 Å². The van der Waals surface area contributed by atoms with Crippen molar-refractivity contribution in [2.75, 3.05) is 19.2 Å². The molecule has 1 aromatic carbocycles. The molecule has 0 saturated heterocycles. The minimum atomic E-state index is -0.821. The summed E-state index contributed by atoms with van der Waals surface area (Å²) in [5.41, 5.74) is 1.80. The normalized spacial score (nSPS) is 16.6. The summed E-state index contributed by atoms with van der Waals surface area (Å²) in [4.78, 5) is 4.54. The summed E-state index contributed by atoms with van der Waals surface area (Å²) in [5, 5.41) is 6.36. The molecule has 20 heavy (non-hydrogen) atoms. The monoisotopic (exact) mass is 274 g/mol. The van der Waals surface area contributed by atoms with E-state index in [-0.39, 0.29) is 6.17 Å². The van der Waals surface area contributed by atoms with E-state index < -0.39 is 6.86 Å². The molecule has 0 fully saturated rings. The van der Waals surface area contributed by atoms with Gasteiger partial charge in [0.2, 0.25) is 12.8 Å². The van der Waals surface area contributed by atoms with Crippen molar-refractivity contribution >= 4 is 12.1 Å². The van der Waals surface area contributed by atoms with Crippen LogP contribution < -0.4 is 15.4 Å². The summed E-state index contributed by atoms with van der Waals surface area (Å²) >= 11 is 0. The van der Waals surface area contributed by atoms with Crippen LogP contribution in [0.2, 0.25) is 0 Å². The topological polar surface area (TPSA) is 51.1 Å². The number of imidazole rings is 1. The first kappa shape index (κ1) is 12.7. The molecule has 2 aromatic rings. The van der Waals surface area contributed by atoms with Crippen LogP contribution in [0.25, 0.3) is 17.5 Å². The van der Waals surface area contributed by atoms with Crippen LogP contribution in [0.4, 0.5) is 10.3 Å². The van der Waals surface area contributed by atoms with Crippen LogP contribution in [0.3, 0.4) is 0 Å². The van der Waals surface area contributed by atoms with Gasteiger partial charge in [-0.3, -0.25) is 9.88 Å². The number of aromatic nitrogens is 2. The third kappa shape index (κ3) is 2.37. The number of alkyl halides is 1. The highest BCUT2D eigenvalue weighted by atomic mass is 19.1. The van der Waals surface area contributed by atoms with Crippen LogP contribution in [0.1, 0.15) is 0 Å². The number of likely N-dealkylation sites (N-methyl/N-ethyl adjacent to an activating group) is 1. The molecule has 0 aliphatic carbocycles. The van der Waals surface area contributed by atoms with E-state index in [0.29, 0.717) is 5.75 Å². The lowest BCUT2D eigenvalue weighted by Crippen LogP contribution is -2.34. The van der Waals surface area contributed by atoms with Gasteiger partial charge < -0.3 is 10.1 Å². The molecule has 1 aromatic heterocycles. The average Bonchev–Trinajstić information content (AvgIpc) is 2.91. The van der Waals surface area contributed by atoms with Gasteiger partial charge in [0.25, 0.3) is 0 Å². The summed E-state index contributed by atoms with van der Waals surface area (Å²) in [7, 11) is 1.88. The molecule has 104 valence electrons. The van der Waals surface area contributed by atoms with Gasteiger partial charge in [0, 0.05) is 18.0 Å². The molecule has 3 rings (SSSR count). The summed E-state index contributed by atoms with van der Waals surface area (Å²) < 4.78 is 18.8. The van der Waals surface area contributed by atoms with Crippen molar-refractivity contribution in [1.82, 2.24) is 14.9 Å². The molecule has 0 bridgehead atoms. The molecular weight excluding hydrogens is 259 g/mol. The second kappa shape index (κ2) is 5.34. The first-order valence-electron chi connectivity index (χ1n) is 6.30. The third-order valence-electron chi connectivity index (χ3n) is 3.14. The van der Waals surface area contributed by atoms with E-state index in [1.54, 1.807) is 12.1 Å². The number of halogens is 1. The van der Waals surface area contributed by atoms with E-state index in [9.17, 15) is 4.39 Å². The molecule has 0 spiro atoms. The highest BCUT2D eigenvalue weighted by Gasteiger charge is 2.14. The van der Waals surface area contributed by atoms with Gasteiger partial charge in [-0.1, -0.05) is 0 Å². The number of anilines is 1. The Hall–Kier alpha value is -2.34. The van der Waals surface area contributed by atoms with Crippen LogP contribution in [0, 0.1) is 0 Å². The van der Waals surface area contributed by atoms with Gasteiger partial charge in [0.05, 0.1) is 5.69 Å². The van der Waals surface area contributed by atoms with E-state index in [1.807, 2.05) is 42.2 Å². The lowest BCUT2D eigenvalue weighted by molar-refractivity contribution is 0.192. The molecule has 1 aliphatic rings. The lowest BCUT2D eigenvalue weighted by atomic mass is 10.2. The predicted molar refractivity (Wildman–Crippen MR) is 76.1 cm³/mol. The van der Waals surface area contributed by atoms with E-state index in [1.165, 1.54) is 0 Å². The molecule has 1 aliphatic heterocycles. The summed E-state index contributed by atoms with van der Waals surface area (Å²) in [5.74, 6) is 1.29. The largest absolute Gasteiger partial charge is 0.463 e. The summed E-state index contributed by atoms with van der Waals surface area (Å²) in [6.45, 7) is -0.821. The SMILES string of the molecule is CNC1C=Cn2cc(-c3ccc(OCF)cc3)nc2N1. The third-order valence-corrected chi connectivity index (χ3v) is 3.14. The van der Waals surface area contributed by atoms with Crippen molar-refractivity contribution in [1.29, 1.82) is 0 Å². The fourth-order valence-corrected chi connectivity index (χ4v) is 2.07. The van der Waals surface area contributed by atoms with Crippen LogP contribution in [-0.2, 0) is 0 Å². The Morgan fingerprint density at radius 3 is 2.90 bits per heavy atom. The number of nitrogens with one attached hydrogen (secondary N) is 2. The highest BCUT2D eigenvalue weighted by molar-refractivity contribution is 5.64. The predicted octanol–water partition coefficient (Wildman–Crippen LogP) is 2.30. The number of ether oxygens (including phenoxy) is 1. The molecule has 2 heterocycles. The molecule has 2 N–H and O–H groups in total. The van der Waals surface area contributed by atoms with Gasteiger partial charge in [-0.25, -0.2) is 9.37 Å². The maximum atomic E-state index is 12.1. The minimum Gasteiger partial charge on any atom is -0.463 e. The Morgan fingerprint density at radius 2 is 2.20 bits per heavy atom. The fraction of sp³-hybridized carbons (Fsp3) is 0.214. The quantitative estimate of drug-likeness (QED) is 0.898. The van der Waals surface area contributed by atoms with Gasteiger partial charge in [-0.2, -0.15) is 0 Å². The Balaban J connectivity index is 1.85. The molecule has 0 radical (unpaired) electrons. The zero-order chi connectivity index (χ0) is 13.9. The number of benzene rings is 1. The lowest BCUT2D eigenvalue weighted by Gasteiger charge is -2.18. The maximum Gasteiger partial charge on any atom is 0.228 e. The van der Waals surface area contributed by atoms with Gasteiger partial charge >= 0.3 is 0 Å². The summed E-state index contributed by atoms with van der Waals surface area (Å²) in [6.07, 6.45) is 5.99. The maximum absolute atomic E-state index is 12.1. The van der Waals surface area contributed by atoms with E-state index in [4.69, 9.17) is 4.74 Å². The van der Waals surface area contributed by atoms with Crippen molar-refractivity contribution in [3.63, 3.8) is 0 Å². The van der Waals surface area contributed by atoms with Gasteiger partial charge in [-0.05, 0) is 37.4 Å². The Bertz CT molecular complexity index is 621. The summed E-state index contributed by atoms with van der Waals surface area (Å²) in [6, 6.07) is 7.18. The number of fused-ring (bicyclic) bond motifs is 1. The average molecular weight is 274 g/mol. The first-order chi connectivity index (χ1) is 9.80. The Morgan fingerprint density at radius 1 is 1.40 bits per heavy atom. The van der Waals surface area contributed by atoms with E-state index >= 15 is 0 Å². The van der Waals surface area contributed by atoms with Crippen molar-refractivity contribution < 1.29 is 9.13 Å². The second-order valence-electron chi connectivity index (χ2n) is 4.39. The van der Waals surface area contributed by atoms with Gasteiger partial charge in [0.1, 0.15) is 11.9 Å². The molecule has 1 atom stereocenters. The molecule has 6 heteroatoms. The van der Waals surface area contributed by atoms with Crippen LogP contribution >= 0.6 is 0 Å². The van der Waals surface area contributed by atoms with E-state index in [2.05, 4.69) is 15.6 Å². The smallest absolute Gasteiger partial charge is 0.228 e. The zero-order valence-corrected chi connectivity index (χ0v) is 11.0. The number of hydrogen-bond acceptors (Lipinski definition) is 4. The zero-order valence-electron chi connectivity index (χ0n) is 11.0. The van der Waals surface area contributed by atoms with Crippen LogP contribution in [0.15, 0.2) is 36.5 Å². The Labute approximate surface area is 116 Å². The fourth-order valence-electron chi connectivity index (χ4n) is 2.07. The number of rotatable bonds is 4. The molecule has 0 amide bonds. The van der Waals surface area contributed by atoms with Crippen molar-refractivity contribution in [2.24, 2.45) is 0 Å². The minimum absolute atomic E-state index is 0.0816. The molecule has 1 unspecified atom stereocenters. The van der Waals surface area contributed by atoms with Crippen molar-refractivity contribution in [3.05, 3.63) is 36.5 Å². The standard InChI is InChI=1S/C14H15FN4O/c1-16-13-6-7-19-8-12(17-14(19)18-13)10-2-4-11(5-3-10)20-9-15/h2-8,13,16H,9H2,1H3,(H,17,18). The highest BCUT2D eigenvalue weighted by Crippen LogP contribution is 2.25.